The monoisotopic (exact) mass is 368 g/mol. The highest BCUT2D eigenvalue weighted by atomic mass is 19.4. The maximum Gasteiger partial charge on any atom is 0.573 e. The van der Waals surface area contributed by atoms with Crippen molar-refractivity contribution in [2.24, 2.45) is 11.8 Å². The van der Waals surface area contributed by atoms with Crippen LogP contribution in [0.5, 0.6) is 5.75 Å². The van der Waals surface area contributed by atoms with Gasteiger partial charge >= 0.3 is 6.36 Å². The highest BCUT2D eigenvalue weighted by molar-refractivity contribution is 5.29. The van der Waals surface area contributed by atoms with Crippen molar-refractivity contribution in [3.05, 3.63) is 29.8 Å². The lowest BCUT2D eigenvalue weighted by Crippen LogP contribution is -2.17. The standard InChI is InChI=1S/C22H31F3O/c23-22(24,25)26-21-15-13-20(14-16-21)19-11-9-18(10-12-19)8-4-3-7-17-5-1-2-6-17/h13-19H,1-12H2. The van der Waals surface area contributed by atoms with Crippen molar-refractivity contribution >= 4 is 0 Å². The van der Waals surface area contributed by atoms with Crippen molar-refractivity contribution < 1.29 is 17.9 Å². The minimum Gasteiger partial charge on any atom is -0.406 e. The highest BCUT2D eigenvalue weighted by Gasteiger charge is 2.31. The minimum absolute atomic E-state index is 0.128. The van der Waals surface area contributed by atoms with Crippen molar-refractivity contribution in [1.82, 2.24) is 0 Å². The first-order valence-corrected chi connectivity index (χ1v) is 10.4. The van der Waals surface area contributed by atoms with E-state index >= 15 is 0 Å². The van der Waals surface area contributed by atoms with Crippen LogP contribution in [-0.2, 0) is 0 Å². The Balaban J connectivity index is 1.35. The van der Waals surface area contributed by atoms with E-state index in [1.165, 1.54) is 76.3 Å². The van der Waals surface area contributed by atoms with Crippen LogP contribution in [0.2, 0.25) is 0 Å². The molecule has 0 bridgehead atoms. The zero-order chi connectivity index (χ0) is 18.4. The fourth-order valence-electron chi connectivity index (χ4n) is 4.89. The summed E-state index contributed by atoms with van der Waals surface area (Å²) in [7, 11) is 0. The molecule has 0 heterocycles. The van der Waals surface area contributed by atoms with E-state index in [0.717, 1.165) is 30.2 Å². The van der Waals surface area contributed by atoms with Crippen molar-refractivity contribution in [1.29, 1.82) is 0 Å². The Morgan fingerprint density at radius 2 is 1.31 bits per heavy atom. The minimum atomic E-state index is -4.61. The maximum absolute atomic E-state index is 12.2. The van der Waals surface area contributed by atoms with Gasteiger partial charge in [0, 0.05) is 0 Å². The van der Waals surface area contributed by atoms with Crippen LogP contribution in [0.4, 0.5) is 13.2 Å². The van der Waals surface area contributed by atoms with Crippen LogP contribution in [0.15, 0.2) is 24.3 Å². The van der Waals surface area contributed by atoms with Gasteiger partial charge in [-0.1, -0.05) is 63.5 Å². The van der Waals surface area contributed by atoms with E-state index in [0.29, 0.717) is 5.92 Å². The Morgan fingerprint density at radius 3 is 1.85 bits per heavy atom. The summed E-state index contributed by atoms with van der Waals surface area (Å²) in [4.78, 5) is 0. The molecule has 0 aliphatic heterocycles. The molecular formula is C22H31F3O. The summed E-state index contributed by atoms with van der Waals surface area (Å²) >= 11 is 0. The smallest absolute Gasteiger partial charge is 0.406 e. The molecule has 3 rings (SSSR count). The SMILES string of the molecule is FC(F)(F)Oc1ccc(C2CCC(CCCCC3CCCC3)CC2)cc1. The lowest BCUT2D eigenvalue weighted by atomic mass is 9.77. The molecule has 2 saturated carbocycles. The zero-order valence-electron chi connectivity index (χ0n) is 15.6. The molecular weight excluding hydrogens is 337 g/mol. The molecule has 2 aliphatic carbocycles. The summed E-state index contributed by atoms with van der Waals surface area (Å²) in [5, 5.41) is 0. The van der Waals surface area contributed by atoms with Crippen LogP contribution in [0.3, 0.4) is 0 Å². The third-order valence-electron chi connectivity index (χ3n) is 6.38. The largest absolute Gasteiger partial charge is 0.573 e. The normalized spacial score (nSPS) is 24.7. The van der Waals surface area contributed by atoms with Crippen molar-refractivity contribution in [2.45, 2.75) is 89.3 Å². The van der Waals surface area contributed by atoms with Gasteiger partial charge in [-0.15, -0.1) is 13.2 Å². The predicted molar refractivity (Wildman–Crippen MR) is 98.3 cm³/mol. The Morgan fingerprint density at radius 1 is 0.769 bits per heavy atom. The molecule has 4 heteroatoms. The van der Waals surface area contributed by atoms with E-state index in [4.69, 9.17) is 0 Å². The summed E-state index contributed by atoms with van der Waals surface area (Å²) in [6, 6.07) is 6.48. The van der Waals surface area contributed by atoms with E-state index in [2.05, 4.69) is 4.74 Å². The Labute approximate surface area is 155 Å². The average Bonchev–Trinajstić information content (AvgIpc) is 3.12. The summed E-state index contributed by atoms with van der Waals surface area (Å²) < 4.78 is 40.7. The third-order valence-corrected chi connectivity index (χ3v) is 6.38. The first kappa shape index (κ1) is 19.6. The number of benzene rings is 1. The van der Waals surface area contributed by atoms with Gasteiger partial charge in [0.25, 0.3) is 0 Å². The Kier molecular flexibility index (Phi) is 6.88. The van der Waals surface area contributed by atoms with Crippen LogP contribution in [-0.4, -0.2) is 6.36 Å². The lowest BCUT2D eigenvalue weighted by molar-refractivity contribution is -0.274. The molecule has 0 aromatic heterocycles. The van der Waals surface area contributed by atoms with E-state index in [9.17, 15) is 13.2 Å². The van der Waals surface area contributed by atoms with E-state index in [-0.39, 0.29) is 5.75 Å². The molecule has 0 amide bonds. The highest BCUT2D eigenvalue weighted by Crippen LogP contribution is 2.39. The van der Waals surface area contributed by atoms with Gasteiger partial charge in [0.15, 0.2) is 0 Å². The molecule has 0 saturated heterocycles. The topological polar surface area (TPSA) is 9.23 Å². The van der Waals surface area contributed by atoms with Gasteiger partial charge in [0.05, 0.1) is 0 Å². The first-order chi connectivity index (χ1) is 12.5. The second kappa shape index (κ2) is 9.14. The lowest BCUT2D eigenvalue weighted by Gasteiger charge is -2.29. The van der Waals surface area contributed by atoms with Gasteiger partial charge in [-0.05, 0) is 61.1 Å². The molecule has 0 atom stereocenters. The zero-order valence-corrected chi connectivity index (χ0v) is 15.6. The van der Waals surface area contributed by atoms with Gasteiger partial charge < -0.3 is 4.74 Å². The molecule has 1 aromatic carbocycles. The number of rotatable bonds is 7. The van der Waals surface area contributed by atoms with Crippen LogP contribution in [0.1, 0.15) is 88.5 Å². The van der Waals surface area contributed by atoms with Gasteiger partial charge in [-0.3, -0.25) is 0 Å². The molecule has 0 spiro atoms. The fraction of sp³-hybridized carbons (Fsp3) is 0.727. The third kappa shape index (κ3) is 6.21. The molecule has 0 unspecified atom stereocenters. The van der Waals surface area contributed by atoms with E-state index in [1.807, 2.05) is 0 Å². The molecule has 0 N–H and O–H groups in total. The summed E-state index contributed by atoms with van der Waals surface area (Å²) in [5.41, 5.74) is 1.15. The van der Waals surface area contributed by atoms with Crippen molar-refractivity contribution in [3.8, 4) is 5.75 Å². The molecule has 26 heavy (non-hydrogen) atoms. The summed E-state index contributed by atoms with van der Waals surface area (Å²) in [6.07, 6.45) is 11.6. The summed E-state index contributed by atoms with van der Waals surface area (Å²) in [6.45, 7) is 0. The first-order valence-electron chi connectivity index (χ1n) is 10.4. The molecule has 2 aliphatic rings. The molecule has 146 valence electrons. The second-order valence-corrected chi connectivity index (χ2v) is 8.27. The van der Waals surface area contributed by atoms with Gasteiger partial charge in [-0.2, -0.15) is 0 Å². The molecule has 1 nitrogen and oxygen atoms in total. The number of hydrogen-bond donors (Lipinski definition) is 0. The Hall–Kier alpha value is -1.19. The second-order valence-electron chi connectivity index (χ2n) is 8.27. The molecule has 2 fully saturated rings. The Bertz CT molecular complexity index is 523. The summed E-state index contributed by atoms with van der Waals surface area (Å²) in [5.74, 6) is 2.22. The fourth-order valence-corrected chi connectivity index (χ4v) is 4.89. The van der Waals surface area contributed by atoms with Crippen LogP contribution in [0.25, 0.3) is 0 Å². The number of unbranched alkanes of at least 4 members (excludes halogenated alkanes) is 1. The maximum atomic E-state index is 12.2. The predicted octanol–water partition coefficient (Wildman–Crippen LogP) is 7.61. The number of ether oxygens (including phenoxy) is 1. The van der Waals surface area contributed by atoms with Crippen LogP contribution < -0.4 is 4.74 Å². The van der Waals surface area contributed by atoms with Crippen LogP contribution in [0, 0.1) is 11.8 Å². The average molecular weight is 368 g/mol. The van der Waals surface area contributed by atoms with E-state index < -0.39 is 6.36 Å². The number of hydrogen-bond acceptors (Lipinski definition) is 1. The van der Waals surface area contributed by atoms with Crippen molar-refractivity contribution in [2.75, 3.05) is 0 Å². The quantitative estimate of drug-likeness (QED) is 0.450. The van der Waals surface area contributed by atoms with Crippen molar-refractivity contribution in [3.63, 3.8) is 0 Å². The number of halogens is 3. The van der Waals surface area contributed by atoms with Gasteiger partial charge in [0.2, 0.25) is 0 Å². The molecule has 0 radical (unpaired) electrons. The molecule has 1 aromatic rings. The van der Waals surface area contributed by atoms with Gasteiger partial charge in [0.1, 0.15) is 5.75 Å². The van der Waals surface area contributed by atoms with Gasteiger partial charge in [-0.25, -0.2) is 0 Å². The van der Waals surface area contributed by atoms with E-state index in [1.54, 1.807) is 12.1 Å². The van der Waals surface area contributed by atoms with Crippen LogP contribution >= 0.6 is 0 Å². The number of alkyl halides is 3.